The summed E-state index contributed by atoms with van der Waals surface area (Å²) in [5, 5.41) is 6.83. The lowest BCUT2D eigenvalue weighted by Crippen LogP contribution is -2.45. The molecular weight excluding hydrogens is 462 g/mol. The largest absolute Gasteiger partial charge is 0.420 e. The highest BCUT2D eigenvalue weighted by Gasteiger charge is 2.40. The van der Waals surface area contributed by atoms with E-state index in [4.69, 9.17) is 11.6 Å². The Morgan fingerprint density at radius 3 is 2.47 bits per heavy atom. The summed E-state index contributed by atoms with van der Waals surface area (Å²) in [6.45, 7) is 1.55. The van der Waals surface area contributed by atoms with Crippen molar-refractivity contribution in [3.63, 3.8) is 0 Å². The summed E-state index contributed by atoms with van der Waals surface area (Å²) in [5.74, 6) is -3.68. The molecule has 0 saturated carbocycles. The fourth-order valence-electron chi connectivity index (χ4n) is 3.59. The van der Waals surface area contributed by atoms with Crippen molar-refractivity contribution in [2.24, 2.45) is 0 Å². The van der Waals surface area contributed by atoms with Gasteiger partial charge >= 0.3 is 6.18 Å². The van der Waals surface area contributed by atoms with Crippen molar-refractivity contribution in [1.29, 1.82) is 0 Å². The zero-order valence-electron chi connectivity index (χ0n) is 16.2. The van der Waals surface area contributed by atoms with Gasteiger partial charge in [0.05, 0.1) is 22.7 Å². The van der Waals surface area contributed by atoms with Crippen molar-refractivity contribution in [2.45, 2.75) is 32.2 Å². The number of alkyl halides is 3. The molecule has 0 bridgehead atoms. The maximum absolute atomic E-state index is 14.2. The molecule has 1 atom stereocenters. The molecule has 32 heavy (non-hydrogen) atoms. The number of amides is 1. The maximum atomic E-state index is 14.2. The van der Waals surface area contributed by atoms with E-state index in [1.165, 1.54) is 15.5 Å². The van der Waals surface area contributed by atoms with Gasteiger partial charge < -0.3 is 9.47 Å². The van der Waals surface area contributed by atoms with Gasteiger partial charge in [-0.2, -0.15) is 13.2 Å². The Hall–Kier alpha value is -3.08. The Bertz CT molecular complexity index is 1230. The molecule has 2 heterocycles. The van der Waals surface area contributed by atoms with Crippen LogP contribution in [0.25, 0.3) is 11.4 Å². The van der Waals surface area contributed by atoms with Crippen LogP contribution in [0.5, 0.6) is 0 Å². The molecule has 168 valence electrons. The molecule has 1 amide bonds. The van der Waals surface area contributed by atoms with Gasteiger partial charge in [0.1, 0.15) is 23.0 Å². The van der Waals surface area contributed by atoms with Gasteiger partial charge in [-0.25, -0.2) is 13.2 Å². The van der Waals surface area contributed by atoms with Crippen molar-refractivity contribution in [3.8, 4) is 11.4 Å². The van der Waals surface area contributed by atoms with E-state index < -0.39 is 51.7 Å². The van der Waals surface area contributed by atoms with Crippen LogP contribution >= 0.6 is 11.6 Å². The summed E-state index contributed by atoms with van der Waals surface area (Å²) >= 11 is 5.76. The number of fused-ring (bicyclic) bond motifs is 1. The number of aromatic nitrogens is 3. The van der Waals surface area contributed by atoms with E-state index in [1.54, 1.807) is 6.92 Å². The lowest BCUT2D eigenvalue weighted by molar-refractivity contribution is -0.139. The van der Waals surface area contributed by atoms with Crippen LogP contribution in [-0.2, 0) is 19.3 Å². The normalized spacial score (nSPS) is 16.2. The van der Waals surface area contributed by atoms with Crippen LogP contribution in [0.3, 0.4) is 0 Å². The minimum Gasteiger partial charge on any atom is -0.327 e. The third-order valence-electron chi connectivity index (χ3n) is 5.16. The smallest absolute Gasteiger partial charge is 0.327 e. The van der Waals surface area contributed by atoms with Crippen LogP contribution in [0.15, 0.2) is 30.3 Å². The molecule has 1 aliphatic rings. The lowest BCUT2D eigenvalue weighted by Gasteiger charge is -2.34. The molecule has 4 rings (SSSR count). The fourth-order valence-corrected chi connectivity index (χ4v) is 3.93. The standard InChI is InChI=1S/C20H13ClF6N4O/c1-9-7-31-15(28-29-18(31)11-3-2-10(22)6-14(11)24)8-30(9)19(32)12-4-5-13(23)16(17(12)21)20(25,26)27/h2-6,9H,7-8H2,1H3/t9-/m0/s1. The SMILES string of the molecule is C[C@H]1Cn2c(nnc2-c2ccc(F)cc2F)CN1C(=O)c1ccc(F)c(C(F)(F)F)c1Cl. The van der Waals surface area contributed by atoms with Gasteiger partial charge in [-0.05, 0) is 31.2 Å². The van der Waals surface area contributed by atoms with Gasteiger partial charge in [0.15, 0.2) is 11.6 Å². The van der Waals surface area contributed by atoms with E-state index in [0.29, 0.717) is 12.1 Å². The molecule has 5 nitrogen and oxygen atoms in total. The highest BCUT2D eigenvalue weighted by molar-refractivity contribution is 6.34. The van der Waals surface area contributed by atoms with E-state index in [-0.39, 0.29) is 30.3 Å². The van der Waals surface area contributed by atoms with E-state index in [2.05, 4.69) is 10.2 Å². The van der Waals surface area contributed by atoms with Crippen LogP contribution in [0.2, 0.25) is 5.02 Å². The molecule has 0 spiro atoms. The first-order valence-electron chi connectivity index (χ1n) is 9.22. The highest BCUT2D eigenvalue weighted by Crippen LogP contribution is 2.39. The summed E-state index contributed by atoms with van der Waals surface area (Å²) in [5.41, 5.74) is -2.22. The van der Waals surface area contributed by atoms with Gasteiger partial charge in [-0.3, -0.25) is 4.79 Å². The molecule has 0 N–H and O–H groups in total. The Kier molecular flexibility index (Phi) is 5.40. The molecule has 0 fully saturated rings. The molecule has 1 aromatic heterocycles. The predicted molar refractivity (Wildman–Crippen MR) is 101 cm³/mol. The van der Waals surface area contributed by atoms with Gasteiger partial charge in [0, 0.05) is 18.7 Å². The van der Waals surface area contributed by atoms with Crippen LogP contribution in [-0.4, -0.2) is 31.6 Å². The van der Waals surface area contributed by atoms with E-state index in [0.717, 1.165) is 12.1 Å². The van der Waals surface area contributed by atoms with Crippen molar-refractivity contribution < 1.29 is 31.1 Å². The third kappa shape index (κ3) is 3.70. The van der Waals surface area contributed by atoms with Crippen LogP contribution < -0.4 is 0 Å². The average Bonchev–Trinajstić information content (AvgIpc) is 3.08. The number of hydrogen-bond donors (Lipinski definition) is 0. The predicted octanol–water partition coefficient (Wildman–Crippen LogP) is 5.08. The molecule has 12 heteroatoms. The number of carbonyl (C=O) groups excluding carboxylic acids is 1. The Labute approximate surface area is 182 Å². The quantitative estimate of drug-likeness (QED) is 0.487. The molecule has 0 aliphatic carbocycles. The summed E-state index contributed by atoms with van der Waals surface area (Å²) in [4.78, 5) is 14.2. The topological polar surface area (TPSA) is 51.0 Å². The highest BCUT2D eigenvalue weighted by atomic mass is 35.5. The molecule has 3 aromatic rings. The Balaban J connectivity index is 1.69. The third-order valence-corrected chi connectivity index (χ3v) is 5.55. The maximum Gasteiger partial charge on any atom is 0.420 e. The summed E-state index contributed by atoms with van der Waals surface area (Å²) < 4.78 is 82.2. The van der Waals surface area contributed by atoms with E-state index in [9.17, 15) is 31.1 Å². The fraction of sp³-hybridized carbons (Fsp3) is 0.250. The first kappa shape index (κ1) is 22.1. The molecule has 0 saturated heterocycles. The van der Waals surface area contributed by atoms with Crippen LogP contribution in [0.4, 0.5) is 26.3 Å². The van der Waals surface area contributed by atoms with Crippen LogP contribution in [0.1, 0.15) is 28.7 Å². The molecule has 1 aliphatic heterocycles. The van der Waals surface area contributed by atoms with E-state index in [1.807, 2.05) is 0 Å². The first-order valence-corrected chi connectivity index (χ1v) is 9.60. The number of hydrogen-bond acceptors (Lipinski definition) is 3. The molecule has 2 aromatic carbocycles. The number of benzene rings is 2. The number of nitrogens with zero attached hydrogens (tertiary/aromatic N) is 4. The average molecular weight is 475 g/mol. The molecule has 0 unspecified atom stereocenters. The minimum atomic E-state index is -5.08. The van der Waals surface area contributed by atoms with Crippen LogP contribution in [0, 0.1) is 17.5 Å². The Morgan fingerprint density at radius 1 is 1.09 bits per heavy atom. The zero-order valence-corrected chi connectivity index (χ0v) is 17.0. The minimum absolute atomic E-state index is 0.00789. The lowest BCUT2D eigenvalue weighted by atomic mass is 10.1. The van der Waals surface area contributed by atoms with Crippen molar-refractivity contribution in [1.82, 2.24) is 19.7 Å². The second kappa shape index (κ2) is 7.80. The van der Waals surface area contributed by atoms with Crippen molar-refractivity contribution >= 4 is 17.5 Å². The van der Waals surface area contributed by atoms with Gasteiger partial charge in [-0.1, -0.05) is 11.6 Å². The summed E-state index contributed by atoms with van der Waals surface area (Å²) in [6.07, 6.45) is -5.08. The van der Waals surface area contributed by atoms with Crippen molar-refractivity contribution in [3.05, 3.63) is 69.8 Å². The summed E-state index contributed by atoms with van der Waals surface area (Å²) in [6, 6.07) is 3.82. The van der Waals surface area contributed by atoms with E-state index >= 15 is 0 Å². The zero-order chi connectivity index (χ0) is 23.4. The second-order valence-electron chi connectivity index (χ2n) is 7.24. The van der Waals surface area contributed by atoms with Crippen molar-refractivity contribution in [2.75, 3.05) is 0 Å². The second-order valence-corrected chi connectivity index (χ2v) is 7.62. The Morgan fingerprint density at radius 2 is 1.81 bits per heavy atom. The monoisotopic (exact) mass is 474 g/mol. The number of carbonyl (C=O) groups is 1. The molecule has 0 radical (unpaired) electrons. The first-order chi connectivity index (χ1) is 15.0. The van der Waals surface area contributed by atoms with Gasteiger partial charge in [0.2, 0.25) is 0 Å². The van der Waals surface area contributed by atoms with Gasteiger partial charge in [-0.15, -0.1) is 10.2 Å². The number of rotatable bonds is 2. The van der Waals surface area contributed by atoms with Gasteiger partial charge in [0.25, 0.3) is 5.91 Å². The number of halogens is 7. The molecular formula is C20H13ClF6N4O. The summed E-state index contributed by atoms with van der Waals surface area (Å²) in [7, 11) is 0.